The largest absolute Gasteiger partial charge is 0.394 e. The summed E-state index contributed by atoms with van der Waals surface area (Å²) in [5.74, 6) is 0.194. The third-order valence-electron chi connectivity index (χ3n) is 2.20. The average molecular weight is 224 g/mol. The Morgan fingerprint density at radius 2 is 2.29 bits per heavy atom. The van der Waals surface area contributed by atoms with Crippen molar-refractivity contribution in [2.75, 3.05) is 32.9 Å². The first-order chi connectivity index (χ1) is 6.54. The van der Waals surface area contributed by atoms with Gasteiger partial charge in [0, 0.05) is 13.1 Å². The molecule has 0 aromatic carbocycles. The highest BCUT2D eigenvalue weighted by Gasteiger charge is 2.28. The van der Waals surface area contributed by atoms with E-state index in [2.05, 4.69) is 0 Å². The van der Waals surface area contributed by atoms with Crippen molar-refractivity contribution < 1.29 is 18.3 Å². The normalized spacial score (nSPS) is 24.3. The van der Waals surface area contributed by atoms with E-state index in [0.717, 1.165) is 6.42 Å². The van der Waals surface area contributed by atoms with Gasteiger partial charge in [0.2, 0.25) is 0 Å². The zero-order valence-electron chi connectivity index (χ0n) is 7.92. The Hall–Kier alpha value is -0.210. The summed E-state index contributed by atoms with van der Waals surface area (Å²) < 4.78 is 28.2. The number of ether oxygens (including phenoxy) is 1. The zero-order valence-corrected chi connectivity index (χ0v) is 8.74. The number of hydrogen-bond acceptors (Lipinski definition) is 4. The zero-order chi connectivity index (χ0) is 10.6. The van der Waals surface area contributed by atoms with Crippen LogP contribution in [-0.2, 0) is 14.9 Å². The number of aliphatic hydroxyl groups is 1. The van der Waals surface area contributed by atoms with E-state index in [-0.39, 0.29) is 12.5 Å². The molecule has 1 aliphatic heterocycles. The smallest absolute Gasteiger partial charge is 0.276 e. The molecule has 0 aliphatic carbocycles. The molecule has 1 aliphatic rings. The SMILES string of the molecule is NS(=O)(=O)N1CCC(COCCO)C1. The fourth-order valence-corrected chi connectivity index (χ4v) is 2.26. The van der Waals surface area contributed by atoms with Gasteiger partial charge in [0.05, 0.1) is 19.8 Å². The van der Waals surface area contributed by atoms with Crippen molar-refractivity contribution in [1.82, 2.24) is 4.31 Å². The molecular weight excluding hydrogens is 208 g/mol. The molecule has 1 heterocycles. The van der Waals surface area contributed by atoms with E-state index in [9.17, 15) is 8.42 Å². The van der Waals surface area contributed by atoms with Crippen LogP contribution in [0.5, 0.6) is 0 Å². The Balaban J connectivity index is 2.28. The molecule has 7 heteroatoms. The lowest BCUT2D eigenvalue weighted by molar-refractivity contribution is 0.0707. The van der Waals surface area contributed by atoms with Crippen molar-refractivity contribution in [2.45, 2.75) is 6.42 Å². The number of nitrogens with two attached hydrogens (primary N) is 1. The summed E-state index contributed by atoms with van der Waals surface area (Å²) in [5.41, 5.74) is 0. The predicted molar refractivity (Wildman–Crippen MR) is 50.7 cm³/mol. The molecule has 6 nitrogen and oxygen atoms in total. The van der Waals surface area contributed by atoms with Crippen LogP contribution in [0.4, 0.5) is 0 Å². The predicted octanol–water partition coefficient (Wildman–Crippen LogP) is -1.48. The van der Waals surface area contributed by atoms with Crippen LogP contribution in [0, 0.1) is 5.92 Å². The topological polar surface area (TPSA) is 92.9 Å². The Morgan fingerprint density at radius 3 is 2.79 bits per heavy atom. The van der Waals surface area contributed by atoms with Crippen LogP contribution in [-0.4, -0.2) is 50.7 Å². The van der Waals surface area contributed by atoms with Gasteiger partial charge < -0.3 is 9.84 Å². The van der Waals surface area contributed by atoms with Gasteiger partial charge in [0.15, 0.2) is 0 Å². The van der Waals surface area contributed by atoms with E-state index >= 15 is 0 Å². The molecule has 1 saturated heterocycles. The summed E-state index contributed by atoms with van der Waals surface area (Å²) in [6.45, 7) is 1.65. The molecule has 1 fully saturated rings. The third kappa shape index (κ3) is 3.50. The summed E-state index contributed by atoms with van der Waals surface area (Å²) in [4.78, 5) is 0. The van der Waals surface area contributed by atoms with E-state index in [4.69, 9.17) is 15.0 Å². The maximum atomic E-state index is 10.9. The van der Waals surface area contributed by atoms with Gasteiger partial charge in [-0.15, -0.1) is 0 Å². The lowest BCUT2D eigenvalue weighted by Gasteiger charge is -2.12. The average Bonchev–Trinajstić information content (AvgIpc) is 2.52. The van der Waals surface area contributed by atoms with Crippen molar-refractivity contribution >= 4 is 10.2 Å². The van der Waals surface area contributed by atoms with E-state index in [1.807, 2.05) is 0 Å². The number of hydrogen-bond donors (Lipinski definition) is 2. The minimum Gasteiger partial charge on any atom is -0.394 e. The number of nitrogens with zero attached hydrogens (tertiary/aromatic N) is 1. The Labute approximate surface area is 83.8 Å². The van der Waals surface area contributed by atoms with Crippen LogP contribution < -0.4 is 5.14 Å². The van der Waals surface area contributed by atoms with Crippen LogP contribution >= 0.6 is 0 Å². The summed E-state index contributed by atoms with van der Waals surface area (Å²) in [7, 11) is -3.54. The highest BCUT2D eigenvalue weighted by molar-refractivity contribution is 7.86. The van der Waals surface area contributed by atoms with Crippen LogP contribution in [0.15, 0.2) is 0 Å². The molecule has 3 N–H and O–H groups in total. The van der Waals surface area contributed by atoms with Crippen molar-refractivity contribution in [3.05, 3.63) is 0 Å². The third-order valence-corrected chi connectivity index (χ3v) is 3.25. The van der Waals surface area contributed by atoms with Crippen LogP contribution in [0.1, 0.15) is 6.42 Å². The lowest BCUT2D eigenvalue weighted by atomic mass is 10.1. The van der Waals surface area contributed by atoms with Gasteiger partial charge in [-0.3, -0.25) is 0 Å². The summed E-state index contributed by atoms with van der Waals surface area (Å²) >= 11 is 0. The molecule has 0 saturated carbocycles. The van der Waals surface area contributed by atoms with Gasteiger partial charge in [-0.2, -0.15) is 12.7 Å². The van der Waals surface area contributed by atoms with Crippen molar-refractivity contribution in [2.24, 2.45) is 11.1 Å². The molecule has 1 unspecified atom stereocenters. The highest BCUT2D eigenvalue weighted by atomic mass is 32.2. The molecule has 0 bridgehead atoms. The Morgan fingerprint density at radius 1 is 1.57 bits per heavy atom. The molecular formula is C7H16N2O4S. The lowest BCUT2D eigenvalue weighted by Crippen LogP contribution is -2.35. The van der Waals surface area contributed by atoms with Gasteiger partial charge in [-0.25, -0.2) is 5.14 Å². The molecule has 0 aromatic heterocycles. The molecule has 0 amide bonds. The van der Waals surface area contributed by atoms with E-state index in [1.54, 1.807) is 0 Å². The highest BCUT2D eigenvalue weighted by Crippen LogP contribution is 2.17. The van der Waals surface area contributed by atoms with E-state index in [1.165, 1.54) is 4.31 Å². The van der Waals surface area contributed by atoms with Gasteiger partial charge in [0.1, 0.15) is 0 Å². The maximum absolute atomic E-state index is 10.9. The monoisotopic (exact) mass is 224 g/mol. The van der Waals surface area contributed by atoms with Crippen molar-refractivity contribution in [3.63, 3.8) is 0 Å². The van der Waals surface area contributed by atoms with Gasteiger partial charge >= 0.3 is 0 Å². The summed E-state index contributed by atoms with van der Waals surface area (Å²) in [6.07, 6.45) is 0.766. The number of aliphatic hydroxyl groups excluding tert-OH is 1. The molecule has 1 atom stereocenters. The van der Waals surface area contributed by atoms with Crippen molar-refractivity contribution in [1.29, 1.82) is 0 Å². The summed E-state index contributed by atoms with van der Waals surface area (Å²) in [6, 6.07) is 0. The molecule has 0 aromatic rings. The van der Waals surface area contributed by atoms with Crippen LogP contribution in [0.2, 0.25) is 0 Å². The second kappa shape index (κ2) is 5.04. The fraction of sp³-hybridized carbons (Fsp3) is 1.00. The maximum Gasteiger partial charge on any atom is 0.276 e. The second-order valence-electron chi connectivity index (χ2n) is 3.36. The van der Waals surface area contributed by atoms with Gasteiger partial charge in [-0.1, -0.05) is 0 Å². The van der Waals surface area contributed by atoms with Gasteiger partial charge in [-0.05, 0) is 12.3 Å². The fourth-order valence-electron chi connectivity index (χ4n) is 1.48. The first-order valence-corrected chi connectivity index (χ1v) is 6.01. The number of rotatable bonds is 5. The minimum atomic E-state index is -3.54. The standard InChI is InChI=1S/C7H16N2O4S/c8-14(11,12)9-2-1-7(5-9)6-13-4-3-10/h7,10H,1-6H2,(H2,8,11,12). The Kier molecular flexibility index (Phi) is 4.27. The van der Waals surface area contributed by atoms with Crippen LogP contribution in [0.3, 0.4) is 0 Å². The summed E-state index contributed by atoms with van der Waals surface area (Å²) in [5, 5.41) is 13.4. The quantitative estimate of drug-likeness (QED) is 0.557. The molecule has 0 spiro atoms. The molecule has 0 radical (unpaired) electrons. The Bertz CT molecular complexity index is 267. The first-order valence-electron chi connectivity index (χ1n) is 4.50. The second-order valence-corrected chi connectivity index (χ2v) is 4.90. The van der Waals surface area contributed by atoms with Crippen LogP contribution in [0.25, 0.3) is 0 Å². The van der Waals surface area contributed by atoms with E-state index < -0.39 is 10.2 Å². The first kappa shape index (κ1) is 11.9. The molecule has 84 valence electrons. The van der Waals surface area contributed by atoms with Crippen molar-refractivity contribution in [3.8, 4) is 0 Å². The molecule has 14 heavy (non-hydrogen) atoms. The molecule has 1 rings (SSSR count). The van der Waals surface area contributed by atoms with Gasteiger partial charge in [0.25, 0.3) is 10.2 Å². The minimum absolute atomic E-state index is 0.00831. The van der Waals surface area contributed by atoms with E-state index in [0.29, 0.717) is 26.3 Å².